The van der Waals surface area contributed by atoms with E-state index < -0.39 is 6.09 Å². The molecule has 0 unspecified atom stereocenters. The number of nitrogens with zero attached hydrogens (tertiary/aromatic N) is 3. The van der Waals surface area contributed by atoms with E-state index in [1.54, 1.807) is 17.0 Å². The molecule has 0 atom stereocenters. The van der Waals surface area contributed by atoms with Gasteiger partial charge in [0.25, 0.3) is 5.91 Å². The van der Waals surface area contributed by atoms with Crippen LogP contribution in [0.4, 0.5) is 22.2 Å². The van der Waals surface area contributed by atoms with Crippen molar-refractivity contribution in [2.75, 3.05) is 17.7 Å². The van der Waals surface area contributed by atoms with E-state index in [0.717, 1.165) is 11.1 Å². The van der Waals surface area contributed by atoms with Gasteiger partial charge in [0.15, 0.2) is 0 Å². The first-order chi connectivity index (χ1) is 14.5. The third kappa shape index (κ3) is 4.00. The predicted octanol–water partition coefficient (Wildman–Crippen LogP) is 3.47. The van der Waals surface area contributed by atoms with Crippen molar-refractivity contribution in [2.45, 2.75) is 13.1 Å². The maximum Gasteiger partial charge on any atom is 0.411 e. The number of nitrogens with one attached hydrogen (secondary N) is 2. The lowest BCUT2D eigenvalue weighted by atomic mass is 10.1. The number of hydrogen-bond donors (Lipinski definition) is 3. The van der Waals surface area contributed by atoms with E-state index in [2.05, 4.69) is 20.6 Å². The fraction of sp³-hybridized carbons (Fsp3) is 0.143. The highest BCUT2D eigenvalue weighted by molar-refractivity contribution is 5.94. The number of methoxy groups -OCH3 is 1. The minimum absolute atomic E-state index is 0.0824. The molecule has 0 aliphatic carbocycles. The minimum atomic E-state index is -1.32. The first-order valence-electron chi connectivity index (χ1n) is 9.18. The average Bonchev–Trinajstić information content (AvgIpc) is 3.17. The fourth-order valence-corrected chi connectivity index (χ4v) is 3.30. The van der Waals surface area contributed by atoms with E-state index in [-0.39, 0.29) is 23.4 Å². The summed E-state index contributed by atoms with van der Waals surface area (Å²) in [6, 6.07) is 16.5. The Morgan fingerprint density at radius 2 is 1.70 bits per heavy atom. The Kier molecular flexibility index (Phi) is 5.17. The van der Waals surface area contributed by atoms with E-state index in [9.17, 15) is 9.59 Å². The molecule has 2 heterocycles. The van der Waals surface area contributed by atoms with Gasteiger partial charge in [0.05, 0.1) is 12.8 Å². The summed E-state index contributed by atoms with van der Waals surface area (Å²) in [6.45, 7) is 0.936. The molecule has 152 valence electrons. The molecule has 0 bridgehead atoms. The number of carbonyl (C=O) groups excluding carboxylic acids is 1. The van der Waals surface area contributed by atoms with Crippen LogP contribution >= 0.6 is 0 Å². The maximum absolute atomic E-state index is 13.1. The average molecular weight is 405 g/mol. The second kappa shape index (κ2) is 8.08. The molecule has 3 N–H and O–H groups in total. The summed E-state index contributed by atoms with van der Waals surface area (Å²) in [6.07, 6.45) is -1.32. The maximum atomic E-state index is 13.1. The Bertz CT molecular complexity index is 1090. The number of anilines is 3. The number of fused-ring (bicyclic) bond motifs is 1. The Balaban J connectivity index is 1.65. The number of amides is 2. The molecule has 0 saturated heterocycles. The second-order valence-corrected chi connectivity index (χ2v) is 6.65. The zero-order valence-electron chi connectivity index (χ0n) is 16.1. The van der Waals surface area contributed by atoms with Crippen LogP contribution in [-0.4, -0.2) is 39.1 Å². The van der Waals surface area contributed by atoms with Crippen molar-refractivity contribution in [1.82, 2.24) is 14.9 Å². The van der Waals surface area contributed by atoms with Crippen molar-refractivity contribution >= 4 is 29.5 Å². The second-order valence-electron chi connectivity index (χ2n) is 6.65. The standard InChI is InChI=1S/C21H19N5O4/c1-30-17-9-5-4-8-15(17)22-18-10-16(23-20(24-18)25-21(28)29)19(27)26-11-13-6-2-3-7-14(13)12-26/h2-10H,11-12H2,1H3,(H,28,29)(H2,22,23,24,25). The lowest BCUT2D eigenvalue weighted by Gasteiger charge is -2.16. The highest BCUT2D eigenvalue weighted by Gasteiger charge is 2.26. The molecule has 0 radical (unpaired) electrons. The molecular weight excluding hydrogens is 386 g/mol. The quantitative estimate of drug-likeness (QED) is 0.595. The van der Waals surface area contributed by atoms with Crippen molar-refractivity contribution in [3.8, 4) is 5.75 Å². The Morgan fingerprint density at radius 1 is 1.03 bits per heavy atom. The molecule has 1 aromatic heterocycles. The Morgan fingerprint density at radius 3 is 2.37 bits per heavy atom. The third-order valence-electron chi connectivity index (χ3n) is 4.66. The van der Waals surface area contributed by atoms with E-state index in [1.165, 1.54) is 13.2 Å². The number of carboxylic acid groups (broad SMARTS) is 1. The molecule has 9 nitrogen and oxygen atoms in total. The molecule has 1 aliphatic rings. The van der Waals surface area contributed by atoms with E-state index in [4.69, 9.17) is 9.84 Å². The summed E-state index contributed by atoms with van der Waals surface area (Å²) >= 11 is 0. The fourth-order valence-electron chi connectivity index (χ4n) is 3.30. The van der Waals surface area contributed by atoms with Crippen molar-refractivity contribution in [2.24, 2.45) is 0 Å². The van der Waals surface area contributed by atoms with Gasteiger partial charge in [0.2, 0.25) is 5.95 Å². The van der Waals surface area contributed by atoms with Crippen LogP contribution in [0.5, 0.6) is 5.75 Å². The van der Waals surface area contributed by atoms with Gasteiger partial charge in [-0.25, -0.2) is 9.78 Å². The van der Waals surface area contributed by atoms with Crippen LogP contribution in [0.15, 0.2) is 54.6 Å². The largest absolute Gasteiger partial charge is 0.495 e. The molecule has 1 aliphatic heterocycles. The number of ether oxygens (including phenoxy) is 1. The third-order valence-corrected chi connectivity index (χ3v) is 4.66. The molecule has 0 spiro atoms. The number of rotatable bonds is 5. The summed E-state index contributed by atoms with van der Waals surface area (Å²) in [4.78, 5) is 34.1. The predicted molar refractivity (Wildman–Crippen MR) is 110 cm³/mol. The molecule has 9 heteroatoms. The van der Waals surface area contributed by atoms with Gasteiger partial charge >= 0.3 is 6.09 Å². The van der Waals surface area contributed by atoms with Crippen LogP contribution in [-0.2, 0) is 13.1 Å². The summed E-state index contributed by atoms with van der Waals surface area (Å²) in [5.74, 6) is 0.331. The van der Waals surface area contributed by atoms with Crippen molar-refractivity contribution < 1.29 is 19.4 Å². The summed E-state index contributed by atoms with van der Waals surface area (Å²) < 4.78 is 5.32. The van der Waals surface area contributed by atoms with Crippen molar-refractivity contribution in [3.63, 3.8) is 0 Å². The first kappa shape index (κ1) is 19.2. The SMILES string of the molecule is COc1ccccc1Nc1cc(C(=O)N2Cc3ccccc3C2)nc(NC(=O)O)n1. The van der Waals surface area contributed by atoms with Crippen molar-refractivity contribution in [3.05, 3.63) is 71.4 Å². The van der Waals surface area contributed by atoms with E-state index in [0.29, 0.717) is 24.5 Å². The van der Waals surface area contributed by atoms with Crippen LogP contribution in [0.3, 0.4) is 0 Å². The van der Waals surface area contributed by atoms with Crippen LogP contribution in [0.25, 0.3) is 0 Å². The van der Waals surface area contributed by atoms with Gasteiger partial charge in [-0.15, -0.1) is 0 Å². The Hall–Kier alpha value is -4.14. The number of hydrogen-bond acceptors (Lipinski definition) is 6. The summed E-state index contributed by atoms with van der Waals surface area (Å²) in [7, 11) is 1.54. The number of carbonyl (C=O) groups is 2. The topological polar surface area (TPSA) is 117 Å². The van der Waals surface area contributed by atoms with Gasteiger partial charge in [0.1, 0.15) is 17.3 Å². The van der Waals surface area contributed by atoms with Crippen LogP contribution in [0, 0.1) is 0 Å². The Labute approximate surface area is 172 Å². The van der Waals surface area contributed by atoms with E-state index in [1.807, 2.05) is 36.4 Å². The van der Waals surface area contributed by atoms with Gasteiger partial charge in [-0.1, -0.05) is 36.4 Å². The van der Waals surface area contributed by atoms with Gasteiger partial charge in [-0.05, 0) is 23.3 Å². The normalized spacial score (nSPS) is 12.2. The molecule has 0 fully saturated rings. The van der Waals surface area contributed by atoms with Gasteiger partial charge < -0.3 is 20.1 Å². The van der Waals surface area contributed by atoms with Gasteiger partial charge in [-0.2, -0.15) is 4.98 Å². The monoisotopic (exact) mass is 405 g/mol. The van der Waals surface area contributed by atoms with Crippen LogP contribution < -0.4 is 15.4 Å². The number of para-hydroxylation sites is 2. The smallest absolute Gasteiger partial charge is 0.411 e. The zero-order chi connectivity index (χ0) is 21.1. The molecule has 4 rings (SSSR count). The molecule has 0 saturated carbocycles. The highest BCUT2D eigenvalue weighted by Crippen LogP contribution is 2.28. The lowest BCUT2D eigenvalue weighted by Crippen LogP contribution is -2.27. The van der Waals surface area contributed by atoms with Gasteiger partial charge in [-0.3, -0.25) is 10.1 Å². The van der Waals surface area contributed by atoms with Crippen molar-refractivity contribution in [1.29, 1.82) is 0 Å². The summed E-state index contributed by atoms with van der Waals surface area (Å²) in [5, 5.41) is 14.2. The molecule has 30 heavy (non-hydrogen) atoms. The minimum Gasteiger partial charge on any atom is -0.495 e. The number of aromatic nitrogens is 2. The van der Waals surface area contributed by atoms with E-state index >= 15 is 0 Å². The molecular formula is C21H19N5O4. The molecule has 3 aromatic rings. The van der Waals surface area contributed by atoms with Crippen LogP contribution in [0.1, 0.15) is 21.6 Å². The summed E-state index contributed by atoms with van der Waals surface area (Å²) in [5.41, 5.74) is 2.86. The highest BCUT2D eigenvalue weighted by atomic mass is 16.5. The lowest BCUT2D eigenvalue weighted by molar-refractivity contribution is 0.0745. The molecule has 2 aromatic carbocycles. The first-order valence-corrected chi connectivity index (χ1v) is 9.18. The zero-order valence-corrected chi connectivity index (χ0v) is 16.1. The van der Waals surface area contributed by atoms with Crippen LogP contribution in [0.2, 0.25) is 0 Å². The van der Waals surface area contributed by atoms with Gasteiger partial charge in [0, 0.05) is 19.2 Å². The molecule has 2 amide bonds. The number of benzene rings is 2.